The maximum Gasteiger partial charge on any atom is 0.241 e. The fraction of sp³-hybridized carbons (Fsp3) is 0.333. The van der Waals surface area contributed by atoms with Crippen molar-refractivity contribution in [2.75, 3.05) is 14.2 Å². The highest BCUT2D eigenvalue weighted by Crippen LogP contribution is 2.30. The summed E-state index contributed by atoms with van der Waals surface area (Å²) in [5.41, 5.74) is 0.230. The van der Waals surface area contributed by atoms with Crippen LogP contribution < -0.4 is 9.47 Å². The molecule has 20 heavy (non-hydrogen) atoms. The van der Waals surface area contributed by atoms with Crippen LogP contribution in [0.25, 0.3) is 0 Å². The summed E-state index contributed by atoms with van der Waals surface area (Å²) >= 11 is 0. The molecule has 0 saturated carbocycles. The van der Waals surface area contributed by atoms with Crippen LogP contribution in [-0.4, -0.2) is 29.3 Å². The number of aromatic nitrogens is 2. The van der Waals surface area contributed by atoms with E-state index in [-0.39, 0.29) is 5.88 Å². The van der Waals surface area contributed by atoms with Crippen LogP contribution in [0.1, 0.15) is 18.2 Å². The number of methoxy groups -OCH3 is 2. The third kappa shape index (κ3) is 3.05. The Bertz CT molecular complexity index is 571. The Morgan fingerprint density at radius 3 is 2.45 bits per heavy atom. The van der Waals surface area contributed by atoms with Crippen molar-refractivity contribution < 1.29 is 14.6 Å². The third-order valence-electron chi connectivity index (χ3n) is 3.02. The van der Waals surface area contributed by atoms with E-state index in [0.29, 0.717) is 18.0 Å². The molecular formula is C15H18N2O3. The minimum atomic E-state index is -1.17. The van der Waals surface area contributed by atoms with Gasteiger partial charge in [-0.25, -0.2) is 4.98 Å². The number of benzene rings is 1. The molecular weight excluding hydrogens is 256 g/mol. The maximum atomic E-state index is 10.7. The smallest absolute Gasteiger partial charge is 0.241 e. The lowest BCUT2D eigenvalue weighted by Crippen LogP contribution is -2.27. The average Bonchev–Trinajstić information content (AvgIpc) is 2.47. The zero-order valence-electron chi connectivity index (χ0n) is 11.8. The first kappa shape index (κ1) is 14.3. The molecule has 0 aliphatic rings. The predicted molar refractivity (Wildman–Crippen MR) is 74.9 cm³/mol. The normalized spacial score (nSPS) is 13.6. The number of aliphatic hydroxyl groups is 1. The molecule has 2 aromatic rings. The van der Waals surface area contributed by atoms with Crippen molar-refractivity contribution in [2.24, 2.45) is 0 Å². The van der Waals surface area contributed by atoms with E-state index in [4.69, 9.17) is 9.47 Å². The maximum absolute atomic E-state index is 10.7. The Morgan fingerprint density at radius 1 is 1.15 bits per heavy atom. The quantitative estimate of drug-likeness (QED) is 0.902. The SMILES string of the molecule is COc1cnc(C(C)(O)Cc2ccccc2)c(OC)n1. The summed E-state index contributed by atoms with van der Waals surface area (Å²) < 4.78 is 10.2. The Kier molecular flexibility index (Phi) is 4.20. The molecule has 2 rings (SSSR count). The fourth-order valence-corrected chi connectivity index (χ4v) is 2.04. The molecule has 1 aromatic carbocycles. The van der Waals surface area contributed by atoms with E-state index in [9.17, 15) is 5.11 Å². The third-order valence-corrected chi connectivity index (χ3v) is 3.02. The number of ether oxygens (including phenoxy) is 2. The zero-order chi connectivity index (χ0) is 14.6. The molecule has 1 aromatic heterocycles. The van der Waals surface area contributed by atoms with Crippen molar-refractivity contribution in [1.82, 2.24) is 9.97 Å². The van der Waals surface area contributed by atoms with Gasteiger partial charge >= 0.3 is 0 Å². The van der Waals surface area contributed by atoms with E-state index in [1.807, 2.05) is 30.3 Å². The number of hydrogen-bond donors (Lipinski definition) is 1. The van der Waals surface area contributed by atoms with Crippen LogP contribution in [-0.2, 0) is 12.0 Å². The minimum Gasteiger partial charge on any atom is -0.480 e. The first-order chi connectivity index (χ1) is 9.56. The van der Waals surface area contributed by atoms with Gasteiger partial charge in [-0.2, -0.15) is 4.98 Å². The second-order valence-electron chi connectivity index (χ2n) is 4.71. The molecule has 0 saturated heterocycles. The van der Waals surface area contributed by atoms with Crippen molar-refractivity contribution in [3.05, 3.63) is 47.8 Å². The molecule has 0 spiro atoms. The largest absolute Gasteiger partial charge is 0.480 e. The van der Waals surface area contributed by atoms with E-state index in [1.165, 1.54) is 20.4 Å². The Balaban J connectivity index is 2.33. The fourth-order valence-electron chi connectivity index (χ4n) is 2.04. The van der Waals surface area contributed by atoms with Crippen molar-refractivity contribution >= 4 is 0 Å². The van der Waals surface area contributed by atoms with Gasteiger partial charge < -0.3 is 14.6 Å². The first-order valence-electron chi connectivity index (χ1n) is 6.28. The zero-order valence-corrected chi connectivity index (χ0v) is 11.8. The first-order valence-corrected chi connectivity index (χ1v) is 6.28. The molecule has 0 fully saturated rings. The van der Waals surface area contributed by atoms with Gasteiger partial charge in [0.1, 0.15) is 11.3 Å². The van der Waals surface area contributed by atoms with Crippen LogP contribution in [0.2, 0.25) is 0 Å². The summed E-state index contributed by atoms with van der Waals surface area (Å²) in [6, 6.07) is 9.71. The Hall–Kier alpha value is -2.14. The summed E-state index contributed by atoms with van der Waals surface area (Å²) in [5.74, 6) is 0.617. The molecule has 0 radical (unpaired) electrons. The summed E-state index contributed by atoms with van der Waals surface area (Å²) in [7, 11) is 3.00. The standard InChI is InChI=1S/C15H18N2O3/c1-15(18,9-11-7-5-4-6-8-11)13-14(20-3)17-12(19-2)10-16-13/h4-8,10,18H,9H2,1-3H3. The van der Waals surface area contributed by atoms with Crippen LogP contribution in [0.4, 0.5) is 0 Å². The van der Waals surface area contributed by atoms with Crippen molar-refractivity contribution in [3.63, 3.8) is 0 Å². The van der Waals surface area contributed by atoms with Crippen molar-refractivity contribution in [2.45, 2.75) is 18.9 Å². The van der Waals surface area contributed by atoms with E-state index < -0.39 is 5.60 Å². The molecule has 5 heteroatoms. The number of rotatable bonds is 5. The highest BCUT2D eigenvalue weighted by atomic mass is 16.5. The summed E-state index contributed by atoms with van der Waals surface area (Å²) in [4.78, 5) is 8.38. The molecule has 5 nitrogen and oxygen atoms in total. The van der Waals surface area contributed by atoms with Crippen LogP contribution in [0.3, 0.4) is 0 Å². The van der Waals surface area contributed by atoms with Gasteiger partial charge in [0.15, 0.2) is 0 Å². The summed E-state index contributed by atoms with van der Waals surface area (Å²) in [6.07, 6.45) is 1.89. The highest BCUT2D eigenvalue weighted by molar-refractivity contribution is 5.30. The lowest BCUT2D eigenvalue weighted by molar-refractivity contribution is 0.0492. The molecule has 1 atom stereocenters. The Labute approximate surface area is 118 Å². The number of hydrogen-bond acceptors (Lipinski definition) is 5. The van der Waals surface area contributed by atoms with Crippen LogP contribution in [0.5, 0.6) is 11.8 Å². The molecule has 1 N–H and O–H groups in total. The van der Waals surface area contributed by atoms with E-state index in [0.717, 1.165) is 5.56 Å². The molecule has 0 aliphatic heterocycles. The molecule has 1 unspecified atom stereocenters. The topological polar surface area (TPSA) is 64.5 Å². The van der Waals surface area contributed by atoms with Crippen LogP contribution in [0.15, 0.2) is 36.5 Å². The van der Waals surface area contributed by atoms with E-state index >= 15 is 0 Å². The lowest BCUT2D eigenvalue weighted by Gasteiger charge is -2.24. The average molecular weight is 274 g/mol. The molecule has 0 aliphatic carbocycles. The molecule has 1 heterocycles. The molecule has 0 amide bonds. The van der Waals surface area contributed by atoms with Gasteiger partial charge in [0.25, 0.3) is 0 Å². The van der Waals surface area contributed by atoms with Gasteiger partial charge in [-0.15, -0.1) is 0 Å². The summed E-state index contributed by atoms with van der Waals surface area (Å²) in [5, 5.41) is 10.7. The van der Waals surface area contributed by atoms with Crippen LogP contribution in [0, 0.1) is 0 Å². The van der Waals surface area contributed by atoms with Gasteiger partial charge in [0.05, 0.1) is 20.4 Å². The minimum absolute atomic E-state index is 0.269. The monoisotopic (exact) mass is 274 g/mol. The molecule has 106 valence electrons. The van der Waals surface area contributed by atoms with Crippen LogP contribution >= 0.6 is 0 Å². The molecule has 0 bridgehead atoms. The van der Waals surface area contributed by atoms with Crippen molar-refractivity contribution in [3.8, 4) is 11.8 Å². The highest BCUT2D eigenvalue weighted by Gasteiger charge is 2.30. The number of nitrogens with zero attached hydrogens (tertiary/aromatic N) is 2. The second-order valence-corrected chi connectivity index (χ2v) is 4.71. The second kappa shape index (κ2) is 5.88. The van der Waals surface area contributed by atoms with Gasteiger partial charge in [-0.1, -0.05) is 30.3 Å². The van der Waals surface area contributed by atoms with E-state index in [1.54, 1.807) is 6.92 Å². The van der Waals surface area contributed by atoms with Gasteiger partial charge in [-0.05, 0) is 12.5 Å². The van der Waals surface area contributed by atoms with Gasteiger partial charge in [0, 0.05) is 6.42 Å². The van der Waals surface area contributed by atoms with Gasteiger partial charge in [0.2, 0.25) is 11.8 Å². The lowest BCUT2D eigenvalue weighted by atomic mass is 9.93. The van der Waals surface area contributed by atoms with Gasteiger partial charge in [-0.3, -0.25) is 0 Å². The Morgan fingerprint density at radius 2 is 1.85 bits per heavy atom. The predicted octanol–water partition coefficient (Wildman–Crippen LogP) is 1.94. The van der Waals surface area contributed by atoms with E-state index in [2.05, 4.69) is 9.97 Å². The summed E-state index contributed by atoms with van der Waals surface area (Å²) in [6.45, 7) is 1.69. The van der Waals surface area contributed by atoms with Crippen molar-refractivity contribution in [1.29, 1.82) is 0 Å².